The average molecular weight is 271 g/mol. The number of amides is 1. The summed E-state index contributed by atoms with van der Waals surface area (Å²) in [6.07, 6.45) is 2.12. The summed E-state index contributed by atoms with van der Waals surface area (Å²) in [5.41, 5.74) is 0. The molecule has 1 rings (SSSR count). The van der Waals surface area contributed by atoms with Crippen LogP contribution in [-0.4, -0.2) is 34.7 Å². The number of rotatable bonds is 6. The molecule has 0 aromatic heterocycles. The first-order chi connectivity index (χ1) is 8.90. The van der Waals surface area contributed by atoms with Crippen LogP contribution in [0.3, 0.4) is 0 Å². The third-order valence-electron chi connectivity index (χ3n) is 4.22. The summed E-state index contributed by atoms with van der Waals surface area (Å²) < 4.78 is 0. The first-order valence-corrected chi connectivity index (χ1v) is 7.04. The molecule has 4 unspecified atom stereocenters. The van der Waals surface area contributed by atoms with Crippen LogP contribution in [0.25, 0.3) is 0 Å². The number of aliphatic hydroxyl groups is 1. The fraction of sp³-hybridized carbons (Fsp3) is 0.857. The molecular formula is C14H25NO4. The van der Waals surface area contributed by atoms with Crippen molar-refractivity contribution in [2.24, 2.45) is 23.7 Å². The maximum atomic E-state index is 12.2. The number of hydrogen-bond acceptors (Lipinski definition) is 3. The number of carboxylic acid groups (broad SMARTS) is 1. The van der Waals surface area contributed by atoms with Crippen LogP contribution >= 0.6 is 0 Å². The maximum Gasteiger partial charge on any atom is 0.307 e. The van der Waals surface area contributed by atoms with Crippen molar-refractivity contribution >= 4 is 11.9 Å². The molecule has 1 saturated carbocycles. The minimum absolute atomic E-state index is 0.120. The smallest absolute Gasteiger partial charge is 0.307 e. The normalized spacial score (nSPS) is 28.4. The summed E-state index contributed by atoms with van der Waals surface area (Å²) in [6, 6.07) is -0.303. The van der Waals surface area contributed by atoms with Crippen LogP contribution in [0, 0.1) is 23.7 Å². The quantitative estimate of drug-likeness (QED) is 0.678. The maximum absolute atomic E-state index is 12.2. The highest BCUT2D eigenvalue weighted by Crippen LogP contribution is 2.38. The summed E-state index contributed by atoms with van der Waals surface area (Å²) in [7, 11) is 0. The van der Waals surface area contributed by atoms with Gasteiger partial charge in [-0.3, -0.25) is 9.59 Å². The molecule has 1 aliphatic carbocycles. The van der Waals surface area contributed by atoms with E-state index in [0.29, 0.717) is 18.8 Å². The van der Waals surface area contributed by atoms with E-state index in [-0.39, 0.29) is 24.5 Å². The summed E-state index contributed by atoms with van der Waals surface area (Å²) in [4.78, 5) is 23.4. The number of carbonyl (C=O) groups excluding carboxylic acids is 1. The fourth-order valence-corrected chi connectivity index (χ4v) is 2.75. The van der Waals surface area contributed by atoms with Crippen molar-refractivity contribution in [2.75, 3.05) is 6.61 Å². The Morgan fingerprint density at radius 3 is 2.26 bits per heavy atom. The standard InChI is InChI=1S/C14H25NO4/c1-4-9-5-10(11(6-9)14(18)19)13(17)15-12(7-16)8(2)3/h8-12,16H,4-7H2,1-3H3,(H,15,17)(H,18,19). The highest BCUT2D eigenvalue weighted by atomic mass is 16.4. The molecule has 3 N–H and O–H groups in total. The summed E-state index contributed by atoms with van der Waals surface area (Å²) in [5, 5.41) is 21.2. The van der Waals surface area contributed by atoms with Crippen LogP contribution in [0.4, 0.5) is 0 Å². The van der Waals surface area contributed by atoms with Gasteiger partial charge in [-0.15, -0.1) is 0 Å². The number of aliphatic carboxylic acids is 1. The van der Waals surface area contributed by atoms with Gasteiger partial charge in [-0.25, -0.2) is 0 Å². The molecule has 110 valence electrons. The molecule has 5 heteroatoms. The molecule has 0 aromatic carbocycles. The van der Waals surface area contributed by atoms with E-state index < -0.39 is 17.8 Å². The molecule has 19 heavy (non-hydrogen) atoms. The van der Waals surface area contributed by atoms with Crippen molar-refractivity contribution in [1.29, 1.82) is 0 Å². The Morgan fingerprint density at radius 1 is 1.26 bits per heavy atom. The molecule has 4 atom stereocenters. The van der Waals surface area contributed by atoms with Crippen molar-refractivity contribution in [2.45, 2.75) is 46.1 Å². The summed E-state index contributed by atoms with van der Waals surface area (Å²) >= 11 is 0. The van der Waals surface area contributed by atoms with E-state index in [1.54, 1.807) is 0 Å². The second-order valence-electron chi connectivity index (χ2n) is 5.84. The predicted octanol–water partition coefficient (Wildman–Crippen LogP) is 1.26. The lowest BCUT2D eigenvalue weighted by molar-refractivity contribution is -0.146. The molecule has 0 radical (unpaired) electrons. The highest BCUT2D eigenvalue weighted by Gasteiger charge is 2.42. The van der Waals surface area contributed by atoms with Gasteiger partial charge in [0.25, 0.3) is 0 Å². The van der Waals surface area contributed by atoms with Gasteiger partial charge in [0.05, 0.1) is 24.5 Å². The number of carboxylic acids is 1. The zero-order valence-electron chi connectivity index (χ0n) is 11.9. The molecule has 0 saturated heterocycles. The van der Waals surface area contributed by atoms with Crippen molar-refractivity contribution in [1.82, 2.24) is 5.32 Å². The van der Waals surface area contributed by atoms with Crippen LogP contribution in [0.5, 0.6) is 0 Å². The van der Waals surface area contributed by atoms with Gasteiger partial charge in [-0.2, -0.15) is 0 Å². The van der Waals surface area contributed by atoms with Crippen LogP contribution < -0.4 is 5.32 Å². The molecule has 1 fully saturated rings. The topological polar surface area (TPSA) is 86.6 Å². The first-order valence-electron chi connectivity index (χ1n) is 7.04. The first kappa shape index (κ1) is 16.0. The third kappa shape index (κ3) is 3.93. The minimum atomic E-state index is -0.888. The van der Waals surface area contributed by atoms with E-state index in [1.165, 1.54) is 0 Å². The van der Waals surface area contributed by atoms with Gasteiger partial charge in [0.2, 0.25) is 5.91 Å². The lowest BCUT2D eigenvalue weighted by atomic mass is 9.94. The summed E-state index contributed by atoms with van der Waals surface area (Å²) in [6.45, 7) is 5.73. The molecule has 0 spiro atoms. The van der Waals surface area contributed by atoms with Crippen LogP contribution in [0.1, 0.15) is 40.0 Å². The minimum Gasteiger partial charge on any atom is -0.481 e. The number of nitrogens with one attached hydrogen (secondary N) is 1. The van der Waals surface area contributed by atoms with E-state index in [1.807, 2.05) is 20.8 Å². The van der Waals surface area contributed by atoms with Crippen LogP contribution in [0.2, 0.25) is 0 Å². The number of aliphatic hydroxyl groups excluding tert-OH is 1. The van der Waals surface area contributed by atoms with Crippen molar-refractivity contribution in [3.8, 4) is 0 Å². The molecular weight excluding hydrogens is 246 g/mol. The second-order valence-corrected chi connectivity index (χ2v) is 5.84. The molecule has 0 heterocycles. The Kier molecular flexibility index (Phi) is 5.79. The lowest BCUT2D eigenvalue weighted by Gasteiger charge is -2.23. The Labute approximate surface area is 114 Å². The van der Waals surface area contributed by atoms with Crippen molar-refractivity contribution < 1.29 is 19.8 Å². The molecule has 1 aliphatic rings. The zero-order chi connectivity index (χ0) is 14.6. The third-order valence-corrected chi connectivity index (χ3v) is 4.22. The van der Waals surface area contributed by atoms with Gasteiger partial charge in [-0.05, 0) is 24.7 Å². The molecule has 0 bridgehead atoms. The van der Waals surface area contributed by atoms with E-state index in [9.17, 15) is 19.8 Å². The number of hydrogen-bond donors (Lipinski definition) is 3. The number of carbonyl (C=O) groups is 2. The van der Waals surface area contributed by atoms with Gasteiger partial charge in [-0.1, -0.05) is 27.2 Å². The Morgan fingerprint density at radius 2 is 1.84 bits per heavy atom. The van der Waals surface area contributed by atoms with Crippen molar-refractivity contribution in [3.05, 3.63) is 0 Å². The van der Waals surface area contributed by atoms with Gasteiger partial charge in [0.15, 0.2) is 0 Å². The van der Waals surface area contributed by atoms with E-state index in [2.05, 4.69) is 5.32 Å². The Balaban J connectivity index is 2.71. The predicted molar refractivity (Wildman–Crippen MR) is 71.5 cm³/mol. The van der Waals surface area contributed by atoms with E-state index in [0.717, 1.165) is 6.42 Å². The van der Waals surface area contributed by atoms with Gasteiger partial charge in [0.1, 0.15) is 0 Å². The largest absolute Gasteiger partial charge is 0.481 e. The van der Waals surface area contributed by atoms with Crippen LogP contribution in [-0.2, 0) is 9.59 Å². The van der Waals surface area contributed by atoms with Crippen molar-refractivity contribution in [3.63, 3.8) is 0 Å². The lowest BCUT2D eigenvalue weighted by Crippen LogP contribution is -2.45. The Bertz CT molecular complexity index is 329. The van der Waals surface area contributed by atoms with E-state index >= 15 is 0 Å². The Hall–Kier alpha value is -1.10. The SMILES string of the molecule is CCC1CC(C(=O)O)C(C(=O)NC(CO)C(C)C)C1. The zero-order valence-corrected chi connectivity index (χ0v) is 11.9. The van der Waals surface area contributed by atoms with Crippen LogP contribution in [0.15, 0.2) is 0 Å². The second kappa shape index (κ2) is 6.89. The monoisotopic (exact) mass is 271 g/mol. The highest BCUT2D eigenvalue weighted by molar-refractivity contribution is 5.85. The molecule has 0 aliphatic heterocycles. The summed E-state index contributed by atoms with van der Waals surface area (Å²) in [5.74, 6) is -1.73. The molecule has 1 amide bonds. The van der Waals surface area contributed by atoms with E-state index in [4.69, 9.17) is 0 Å². The fourth-order valence-electron chi connectivity index (χ4n) is 2.75. The molecule has 5 nitrogen and oxygen atoms in total. The molecule has 0 aromatic rings. The van der Waals surface area contributed by atoms with Gasteiger partial charge < -0.3 is 15.5 Å². The average Bonchev–Trinajstić information content (AvgIpc) is 2.79. The van der Waals surface area contributed by atoms with Gasteiger partial charge >= 0.3 is 5.97 Å². The van der Waals surface area contributed by atoms with Gasteiger partial charge in [0, 0.05) is 0 Å².